The third-order valence-electron chi connectivity index (χ3n) is 3.28. The number of rotatable bonds is 4. The molecule has 0 aromatic heterocycles. The summed E-state index contributed by atoms with van der Waals surface area (Å²) in [7, 11) is -3.62. The average molecular weight is 369 g/mol. The van der Waals surface area contributed by atoms with Crippen molar-refractivity contribution in [1.29, 1.82) is 0 Å². The van der Waals surface area contributed by atoms with Gasteiger partial charge in [0.1, 0.15) is 0 Å². The molecule has 2 aromatic carbocycles. The number of carbonyl (C=O) groups excluding carboxylic acids is 1. The molecule has 1 amide bonds. The SMILES string of the molecule is O=C1CSc2cc(S(=O)(=O)NCc3ccc(Cl)cc3)ccc2N1. The van der Waals surface area contributed by atoms with Crippen molar-refractivity contribution < 1.29 is 13.2 Å². The summed E-state index contributed by atoms with van der Waals surface area (Å²) < 4.78 is 27.3. The fourth-order valence-electron chi connectivity index (χ4n) is 2.09. The van der Waals surface area contributed by atoms with E-state index in [0.29, 0.717) is 10.7 Å². The number of sulfonamides is 1. The summed E-state index contributed by atoms with van der Waals surface area (Å²) in [6.07, 6.45) is 0. The quantitative estimate of drug-likeness (QED) is 0.870. The van der Waals surface area contributed by atoms with Gasteiger partial charge in [0.15, 0.2) is 0 Å². The lowest BCUT2D eigenvalue weighted by Gasteiger charge is -2.17. The minimum atomic E-state index is -3.62. The van der Waals surface area contributed by atoms with Gasteiger partial charge in [-0.05, 0) is 35.9 Å². The number of halogens is 1. The van der Waals surface area contributed by atoms with Gasteiger partial charge in [0, 0.05) is 16.5 Å². The highest BCUT2D eigenvalue weighted by molar-refractivity contribution is 8.00. The number of nitrogens with one attached hydrogen (secondary N) is 2. The van der Waals surface area contributed by atoms with Crippen LogP contribution in [-0.4, -0.2) is 20.1 Å². The van der Waals surface area contributed by atoms with Crippen molar-refractivity contribution >= 4 is 45.0 Å². The molecular weight excluding hydrogens is 356 g/mol. The average Bonchev–Trinajstić information content (AvgIpc) is 2.54. The summed E-state index contributed by atoms with van der Waals surface area (Å²) in [5.74, 6) is 0.202. The van der Waals surface area contributed by atoms with Gasteiger partial charge in [-0.15, -0.1) is 11.8 Å². The highest BCUT2D eigenvalue weighted by Crippen LogP contribution is 2.33. The van der Waals surface area contributed by atoms with E-state index >= 15 is 0 Å². The number of hydrogen-bond acceptors (Lipinski definition) is 4. The number of benzene rings is 2. The second-order valence-electron chi connectivity index (χ2n) is 4.95. The Hall–Kier alpha value is -1.54. The Kier molecular flexibility index (Phi) is 4.63. The van der Waals surface area contributed by atoms with E-state index in [0.717, 1.165) is 10.5 Å². The van der Waals surface area contributed by atoms with Gasteiger partial charge in [0.2, 0.25) is 15.9 Å². The number of carbonyl (C=O) groups is 1. The maximum absolute atomic E-state index is 12.4. The normalized spacial score (nSPS) is 14.2. The second-order valence-corrected chi connectivity index (χ2v) is 8.17. The molecule has 0 saturated carbocycles. The van der Waals surface area contributed by atoms with E-state index in [4.69, 9.17) is 11.6 Å². The van der Waals surface area contributed by atoms with Crippen molar-refractivity contribution in [2.45, 2.75) is 16.3 Å². The molecule has 0 spiro atoms. The number of amides is 1. The summed E-state index contributed by atoms with van der Waals surface area (Å²) in [5.41, 5.74) is 1.46. The summed E-state index contributed by atoms with van der Waals surface area (Å²) in [4.78, 5) is 12.2. The van der Waals surface area contributed by atoms with Crippen LogP contribution in [0.5, 0.6) is 0 Å². The van der Waals surface area contributed by atoms with E-state index in [1.165, 1.54) is 17.8 Å². The van der Waals surface area contributed by atoms with Gasteiger partial charge >= 0.3 is 0 Å². The zero-order chi connectivity index (χ0) is 16.4. The largest absolute Gasteiger partial charge is 0.324 e. The van der Waals surface area contributed by atoms with Crippen molar-refractivity contribution in [3.63, 3.8) is 0 Å². The molecule has 8 heteroatoms. The monoisotopic (exact) mass is 368 g/mol. The Morgan fingerprint density at radius 3 is 2.65 bits per heavy atom. The first-order valence-corrected chi connectivity index (χ1v) is 9.59. The smallest absolute Gasteiger partial charge is 0.240 e. The molecule has 120 valence electrons. The van der Waals surface area contributed by atoms with Crippen LogP contribution in [0.3, 0.4) is 0 Å². The molecule has 1 aliphatic rings. The van der Waals surface area contributed by atoms with E-state index in [9.17, 15) is 13.2 Å². The van der Waals surface area contributed by atoms with Gasteiger partial charge in [-0.3, -0.25) is 4.79 Å². The van der Waals surface area contributed by atoms with Crippen molar-refractivity contribution in [1.82, 2.24) is 4.72 Å². The Morgan fingerprint density at radius 2 is 1.91 bits per heavy atom. The van der Waals surface area contributed by atoms with Gasteiger partial charge in [-0.2, -0.15) is 0 Å². The maximum atomic E-state index is 12.4. The standard InChI is InChI=1S/C15H13ClN2O3S2/c16-11-3-1-10(2-4-11)8-17-23(20,21)12-5-6-13-14(7-12)22-9-15(19)18-13/h1-7,17H,8-9H2,(H,18,19). The van der Waals surface area contributed by atoms with Crippen LogP contribution in [0.15, 0.2) is 52.3 Å². The summed E-state index contributed by atoms with van der Waals surface area (Å²) in [6, 6.07) is 11.6. The maximum Gasteiger partial charge on any atom is 0.240 e. The highest BCUT2D eigenvalue weighted by atomic mass is 35.5. The zero-order valence-electron chi connectivity index (χ0n) is 11.9. The van der Waals surface area contributed by atoms with Gasteiger partial charge in [0.05, 0.1) is 16.3 Å². The predicted octanol–water partition coefficient (Wildman–Crippen LogP) is 2.86. The molecule has 0 unspecified atom stereocenters. The van der Waals surface area contributed by atoms with Gasteiger partial charge in [0.25, 0.3) is 0 Å². The molecule has 2 aromatic rings. The van der Waals surface area contributed by atoms with Crippen LogP contribution in [0.1, 0.15) is 5.56 Å². The second kappa shape index (κ2) is 6.52. The lowest BCUT2D eigenvalue weighted by molar-refractivity contribution is -0.113. The minimum Gasteiger partial charge on any atom is -0.324 e. The minimum absolute atomic E-state index is 0.0843. The summed E-state index contributed by atoms with van der Waals surface area (Å²) >= 11 is 7.13. The zero-order valence-corrected chi connectivity index (χ0v) is 14.3. The lowest BCUT2D eigenvalue weighted by Crippen LogP contribution is -2.24. The lowest BCUT2D eigenvalue weighted by atomic mass is 10.2. The first kappa shape index (κ1) is 16.3. The summed E-state index contributed by atoms with van der Waals surface area (Å²) in [5, 5.41) is 3.32. The Labute approximate surface area is 143 Å². The van der Waals surface area contributed by atoms with Crippen LogP contribution < -0.4 is 10.0 Å². The van der Waals surface area contributed by atoms with Crippen LogP contribution in [-0.2, 0) is 21.4 Å². The van der Waals surface area contributed by atoms with Crippen LogP contribution >= 0.6 is 23.4 Å². The van der Waals surface area contributed by atoms with Crippen LogP contribution in [0.25, 0.3) is 0 Å². The molecule has 1 heterocycles. The van der Waals surface area contributed by atoms with E-state index in [1.54, 1.807) is 36.4 Å². The molecule has 23 heavy (non-hydrogen) atoms. The van der Waals surface area contributed by atoms with Gasteiger partial charge < -0.3 is 5.32 Å². The fraction of sp³-hybridized carbons (Fsp3) is 0.133. The van der Waals surface area contributed by atoms with Gasteiger partial charge in [-0.25, -0.2) is 13.1 Å². The molecular formula is C15H13ClN2O3S2. The third kappa shape index (κ3) is 3.87. The summed E-state index contributed by atoms with van der Waals surface area (Å²) in [6.45, 7) is 0.181. The van der Waals surface area contributed by atoms with E-state index in [-0.39, 0.29) is 23.1 Å². The fourth-order valence-corrected chi connectivity index (χ4v) is 4.17. The molecule has 3 rings (SSSR count). The highest BCUT2D eigenvalue weighted by Gasteiger charge is 2.20. The first-order valence-electron chi connectivity index (χ1n) is 6.75. The van der Waals surface area contributed by atoms with Crippen LogP contribution in [0, 0.1) is 0 Å². The van der Waals surface area contributed by atoms with Crippen molar-refractivity contribution in [2.24, 2.45) is 0 Å². The van der Waals surface area contributed by atoms with E-state index in [2.05, 4.69) is 10.0 Å². The Balaban J connectivity index is 1.77. The predicted molar refractivity (Wildman–Crippen MR) is 91.3 cm³/mol. The number of anilines is 1. The third-order valence-corrected chi connectivity index (χ3v) is 5.98. The van der Waals surface area contributed by atoms with Crippen molar-refractivity contribution in [2.75, 3.05) is 11.1 Å². The topological polar surface area (TPSA) is 75.3 Å². The Morgan fingerprint density at radius 1 is 1.17 bits per heavy atom. The van der Waals surface area contributed by atoms with Crippen molar-refractivity contribution in [3.8, 4) is 0 Å². The molecule has 2 N–H and O–H groups in total. The molecule has 0 aliphatic carbocycles. The molecule has 5 nitrogen and oxygen atoms in total. The molecule has 0 radical (unpaired) electrons. The number of thioether (sulfide) groups is 1. The van der Waals surface area contributed by atoms with Crippen LogP contribution in [0.4, 0.5) is 5.69 Å². The Bertz CT molecular complexity index is 852. The van der Waals surface area contributed by atoms with E-state index in [1.807, 2.05) is 0 Å². The first-order chi connectivity index (χ1) is 10.9. The molecule has 0 fully saturated rings. The number of fused-ring (bicyclic) bond motifs is 1. The molecule has 0 bridgehead atoms. The molecule has 1 aliphatic heterocycles. The van der Waals surface area contributed by atoms with Crippen LogP contribution in [0.2, 0.25) is 5.02 Å². The van der Waals surface area contributed by atoms with Crippen molar-refractivity contribution in [3.05, 3.63) is 53.1 Å². The van der Waals surface area contributed by atoms with E-state index < -0.39 is 10.0 Å². The van der Waals surface area contributed by atoms with Gasteiger partial charge in [-0.1, -0.05) is 23.7 Å². The molecule has 0 atom stereocenters. The molecule has 0 saturated heterocycles. The number of hydrogen-bond donors (Lipinski definition) is 2.